The minimum absolute atomic E-state index is 0. The first-order chi connectivity index (χ1) is 15.5. The first-order valence-electron chi connectivity index (χ1n) is 10.7. The Hall–Kier alpha value is -2.45. The van der Waals surface area contributed by atoms with Crippen molar-refractivity contribution in [3.05, 3.63) is 65.4 Å². The van der Waals surface area contributed by atoms with E-state index in [-0.39, 0.29) is 36.8 Å². The van der Waals surface area contributed by atoms with Crippen molar-refractivity contribution < 1.29 is 14.6 Å². The number of benzene rings is 2. The number of carboxylic acid groups (broad SMARTS) is 1. The van der Waals surface area contributed by atoms with E-state index in [1.165, 1.54) is 0 Å². The first-order valence-corrected chi connectivity index (χ1v) is 11.2. The Morgan fingerprint density at radius 1 is 1.24 bits per heavy atom. The van der Waals surface area contributed by atoms with Crippen LogP contribution in [0.15, 0.2) is 48.5 Å². The number of carbonyl (C=O) groups is 1. The second kappa shape index (κ2) is 12.3. The van der Waals surface area contributed by atoms with E-state index in [0.29, 0.717) is 24.4 Å². The molecule has 2 heterocycles. The van der Waals surface area contributed by atoms with Crippen molar-refractivity contribution in [1.29, 1.82) is 5.41 Å². The van der Waals surface area contributed by atoms with Crippen molar-refractivity contribution in [2.24, 2.45) is 5.73 Å². The van der Waals surface area contributed by atoms with E-state index < -0.39 is 11.9 Å². The number of alkyl halides is 1. The van der Waals surface area contributed by atoms with Crippen LogP contribution in [-0.2, 0) is 17.8 Å². The predicted octanol–water partition coefficient (Wildman–Crippen LogP) is 4.16. The standard InChI is InChI=1S/C24H27ClN4O3.2ClH/c25-8-10-29-18(11-16-1-2-17(23(26)27)12-22(16)29)13-21(24(30)31)15-3-5-19(6-4-15)32-20-7-9-28-14-20;;/h1-6,11-12,20-21,28H,7-10,13-14H2,(H3,26,27)(H,30,31);2*1H/t20-,21?;;/m0../s1. The van der Waals surface area contributed by atoms with E-state index >= 15 is 0 Å². The van der Waals surface area contributed by atoms with Gasteiger partial charge in [-0.2, -0.15) is 0 Å². The molecule has 1 fully saturated rings. The molecule has 4 rings (SSSR count). The minimum atomic E-state index is -0.884. The Bertz CT molecular complexity index is 1130. The third-order valence-electron chi connectivity index (χ3n) is 5.92. The van der Waals surface area contributed by atoms with Gasteiger partial charge in [0.05, 0.1) is 5.92 Å². The van der Waals surface area contributed by atoms with Gasteiger partial charge in [-0.05, 0) is 48.2 Å². The van der Waals surface area contributed by atoms with Gasteiger partial charge < -0.3 is 25.5 Å². The number of hydrogen-bond acceptors (Lipinski definition) is 4. The summed E-state index contributed by atoms with van der Waals surface area (Å²) in [5, 5.41) is 21.9. The lowest BCUT2D eigenvalue weighted by atomic mass is 9.94. The zero-order valence-electron chi connectivity index (χ0n) is 18.5. The van der Waals surface area contributed by atoms with Crippen molar-refractivity contribution in [2.45, 2.75) is 31.4 Å². The summed E-state index contributed by atoms with van der Waals surface area (Å²) in [6, 6.07) is 14.9. The summed E-state index contributed by atoms with van der Waals surface area (Å²) in [6.45, 7) is 2.32. The molecule has 1 aliphatic rings. The number of rotatable bonds is 9. The molecule has 2 atom stereocenters. The Balaban J connectivity index is 0.00000204. The molecule has 7 nitrogen and oxygen atoms in total. The molecular formula is C24H29Cl3N4O3. The Kier molecular flexibility index (Phi) is 10.1. The number of aromatic nitrogens is 1. The van der Waals surface area contributed by atoms with Gasteiger partial charge in [-0.1, -0.05) is 24.3 Å². The van der Waals surface area contributed by atoms with Gasteiger partial charge in [0.15, 0.2) is 0 Å². The van der Waals surface area contributed by atoms with Crippen LogP contribution in [0.4, 0.5) is 0 Å². The third-order valence-corrected chi connectivity index (χ3v) is 6.09. The number of fused-ring (bicyclic) bond motifs is 1. The summed E-state index contributed by atoms with van der Waals surface area (Å²) in [5.74, 6) is -0.458. The maximum Gasteiger partial charge on any atom is 0.311 e. The number of nitrogens with zero attached hydrogens (tertiary/aromatic N) is 1. The Morgan fingerprint density at radius 3 is 2.56 bits per heavy atom. The molecule has 0 bridgehead atoms. The highest BCUT2D eigenvalue weighted by Crippen LogP contribution is 2.29. The van der Waals surface area contributed by atoms with Crippen molar-refractivity contribution in [3.63, 3.8) is 0 Å². The highest BCUT2D eigenvalue weighted by atomic mass is 35.5. The molecular weight excluding hydrogens is 499 g/mol. The smallest absolute Gasteiger partial charge is 0.311 e. The average Bonchev–Trinajstić information content (AvgIpc) is 3.40. The minimum Gasteiger partial charge on any atom is -0.489 e. The van der Waals surface area contributed by atoms with Crippen molar-refractivity contribution in [1.82, 2.24) is 9.88 Å². The number of amidine groups is 1. The highest BCUT2D eigenvalue weighted by Gasteiger charge is 2.24. The lowest BCUT2D eigenvalue weighted by molar-refractivity contribution is -0.138. The zero-order chi connectivity index (χ0) is 22.7. The summed E-state index contributed by atoms with van der Waals surface area (Å²) in [6.07, 6.45) is 1.45. The van der Waals surface area contributed by atoms with Crippen LogP contribution in [0, 0.1) is 5.41 Å². The Labute approximate surface area is 215 Å². The molecule has 34 heavy (non-hydrogen) atoms. The number of nitrogens with one attached hydrogen (secondary N) is 2. The zero-order valence-corrected chi connectivity index (χ0v) is 20.9. The number of nitrogen functional groups attached to an aromatic ring is 1. The van der Waals surface area contributed by atoms with E-state index in [0.717, 1.165) is 47.4 Å². The lowest BCUT2D eigenvalue weighted by Gasteiger charge is -2.17. The molecule has 1 unspecified atom stereocenters. The van der Waals surface area contributed by atoms with E-state index in [4.69, 9.17) is 27.5 Å². The number of aliphatic carboxylic acids is 1. The number of ether oxygens (including phenoxy) is 1. The number of nitrogens with two attached hydrogens (primary N) is 1. The normalized spacial score (nSPS) is 15.9. The molecule has 1 aliphatic heterocycles. The maximum absolute atomic E-state index is 12.2. The summed E-state index contributed by atoms with van der Waals surface area (Å²) >= 11 is 6.05. The molecule has 1 aromatic heterocycles. The third kappa shape index (κ3) is 6.16. The molecule has 0 radical (unpaired) electrons. The van der Waals surface area contributed by atoms with E-state index in [2.05, 4.69) is 5.32 Å². The second-order valence-electron chi connectivity index (χ2n) is 8.06. The first kappa shape index (κ1) is 27.8. The summed E-state index contributed by atoms with van der Waals surface area (Å²) in [7, 11) is 0. The molecule has 184 valence electrons. The number of halogens is 3. The molecule has 2 aromatic carbocycles. The molecule has 3 aromatic rings. The van der Waals surface area contributed by atoms with Crippen LogP contribution in [-0.4, -0.2) is 46.6 Å². The summed E-state index contributed by atoms with van der Waals surface area (Å²) in [5.41, 5.74) is 8.78. The van der Waals surface area contributed by atoms with Gasteiger partial charge in [0.25, 0.3) is 0 Å². The van der Waals surface area contributed by atoms with Crippen LogP contribution >= 0.6 is 36.4 Å². The van der Waals surface area contributed by atoms with Crippen LogP contribution in [0.3, 0.4) is 0 Å². The molecule has 0 spiro atoms. The lowest BCUT2D eigenvalue weighted by Crippen LogP contribution is -2.20. The van der Waals surface area contributed by atoms with E-state index in [1.54, 1.807) is 6.07 Å². The second-order valence-corrected chi connectivity index (χ2v) is 8.44. The topological polar surface area (TPSA) is 113 Å². The van der Waals surface area contributed by atoms with Crippen LogP contribution in [0.2, 0.25) is 0 Å². The summed E-state index contributed by atoms with van der Waals surface area (Å²) < 4.78 is 7.98. The van der Waals surface area contributed by atoms with Crippen molar-refractivity contribution >= 4 is 59.1 Å². The average molecular weight is 528 g/mol. The molecule has 0 amide bonds. The van der Waals surface area contributed by atoms with Gasteiger partial charge in [-0.15, -0.1) is 36.4 Å². The van der Waals surface area contributed by atoms with Crippen molar-refractivity contribution in [2.75, 3.05) is 19.0 Å². The van der Waals surface area contributed by atoms with Crippen LogP contribution < -0.4 is 15.8 Å². The number of aryl methyl sites for hydroxylation is 1. The van der Waals surface area contributed by atoms with E-state index in [1.807, 2.05) is 47.0 Å². The molecule has 5 N–H and O–H groups in total. The number of carboxylic acids is 1. The number of hydrogen-bond donors (Lipinski definition) is 4. The fraction of sp³-hybridized carbons (Fsp3) is 0.333. The predicted molar refractivity (Wildman–Crippen MR) is 141 cm³/mol. The summed E-state index contributed by atoms with van der Waals surface area (Å²) in [4.78, 5) is 12.2. The van der Waals surface area contributed by atoms with Gasteiger partial charge in [-0.3, -0.25) is 10.2 Å². The van der Waals surface area contributed by atoms with Gasteiger partial charge in [0, 0.05) is 42.2 Å². The monoisotopic (exact) mass is 526 g/mol. The van der Waals surface area contributed by atoms with Crippen LogP contribution in [0.5, 0.6) is 5.75 Å². The van der Waals surface area contributed by atoms with Crippen LogP contribution in [0.1, 0.15) is 29.2 Å². The molecule has 1 saturated heterocycles. The van der Waals surface area contributed by atoms with Crippen molar-refractivity contribution in [3.8, 4) is 5.75 Å². The van der Waals surface area contributed by atoms with Gasteiger partial charge >= 0.3 is 5.97 Å². The Morgan fingerprint density at radius 2 is 1.97 bits per heavy atom. The SMILES string of the molecule is Cl.Cl.N=C(N)c1ccc2cc(CC(C(=O)O)c3ccc(O[C@H]4CCNC4)cc3)n(CCCl)c2c1. The van der Waals surface area contributed by atoms with Gasteiger partial charge in [0.2, 0.25) is 0 Å². The fourth-order valence-electron chi connectivity index (χ4n) is 4.25. The van der Waals surface area contributed by atoms with E-state index in [9.17, 15) is 9.90 Å². The molecule has 0 saturated carbocycles. The van der Waals surface area contributed by atoms with Gasteiger partial charge in [0.1, 0.15) is 17.7 Å². The highest BCUT2D eigenvalue weighted by molar-refractivity contribution is 6.17. The van der Waals surface area contributed by atoms with Gasteiger partial charge in [-0.25, -0.2) is 0 Å². The maximum atomic E-state index is 12.2. The largest absolute Gasteiger partial charge is 0.489 e. The quantitative estimate of drug-likeness (QED) is 0.190. The molecule has 0 aliphatic carbocycles. The fourth-order valence-corrected chi connectivity index (χ4v) is 4.42. The van der Waals surface area contributed by atoms with Crippen LogP contribution in [0.25, 0.3) is 10.9 Å². The molecule has 10 heteroatoms.